The Morgan fingerprint density at radius 1 is 1.08 bits per heavy atom. The van der Waals surface area contributed by atoms with E-state index in [0.29, 0.717) is 5.56 Å². The molecule has 2 rings (SSSR count). The fraction of sp³-hybridized carbons (Fsp3) is 0.133. The Morgan fingerprint density at radius 3 is 2.20 bits per heavy atom. The van der Waals surface area contributed by atoms with Crippen molar-refractivity contribution in [2.24, 2.45) is 5.14 Å². The second-order valence-electron chi connectivity index (χ2n) is 5.06. The highest BCUT2D eigenvalue weighted by atomic mass is 35.5. The molecule has 25 heavy (non-hydrogen) atoms. The number of sulfone groups is 1. The van der Waals surface area contributed by atoms with Crippen molar-refractivity contribution in [3.05, 3.63) is 58.6 Å². The fourth-order valence-electron chi connectivity index (χ4n) is 2.15. The van der Waals surface area contributed by atoms with Crippen LogP contribution in [0.1, 0.15) is 15.9 Å². The number of benzene rings is 2. The number of sulfonamides is 1. The summed E-state index contributed by atoms with van der Waals surface area (Å²) in [5.74, 6) is -1.42. The Hall–Kier alpha value is -1.94. The predicted octanol–water partition coefficient (Wildman–Crippen LogP) is 1.75. The quantitative estimate of drug-likeness (QED) is 0.759. The lowest BCUT2D eigenvalue weighted by Crippen LogP contribution is -2.17. The van der Waals surface area contributed by atoms with E-state index in [9.17, 15) is 21.6 Å². The Morgan fingerprint density at radius 2 is 1.68 bits per heavy atom. The molecule has 0 saturated heterocycles. The van der Waals surface area contributed by atoms with Gasteiger partial charge in [-0.1, -0.05) is 41.9 Å². The van der Waals surface area contributed by atoms with Gasteiger partial charge in [-0.05, 0) is 17.7 Å². The largest absolute Gasteiger partial charge is 0.465 e. The number of nitrogens with two attached hydrogens (primary N) is 1. The van der Waals surface area contributed by atoms with E-state index in [0.717, 1.165) is 19.2 Å². The van der Waals surface area contributed by atoms with E-state index in [1.54, 1.807) is 30.3 Å². The van der Waals surface area contributed by atoms with Crippen LogP contribution < -0.4 is 5.14 Å². The highest BCUT2D eigenvalue weighted by Crippen LogP contribution is 2.30. The summed E-state index contributed by atoms with van der Waals surface area (Å²) in [6.07, 6.45) is 0. The number of carbonyl (C=O) groups excluding carboxylic acids is 1. The van der Waals surface area contributed by atoms with Gasteiger partial charge in [0.25, 0.3) is 0 Å². The van der Waals surface area contributed by atoms with E-state index < -0.39 is 52.0 Å². The van der Waals surface area contributed by atoms with Crippen LogP contribution in [0.4, 0.5) is 0 Å². The van der Waals surface area contributed by atoms with Crippen molar-refractivity contribution in [1.29, 1.82) is 0 Å². The van der Waals surface area contributed by atoms with Crippen molar-refractivity contribution in [3.8, 4) is 0 Å². The first-order chi connectivity index (χ1) is 11.6. The molecule has 0 aliphatic rings. The number of primary sulfonamides is 1. The summed E-state index contributed by atoms with van der Waals surface area (Å²) in [6, 6.07) is 9.98. The highest BCUT2D eigenvalue weighted by Gasteiger charge is 2.28. The Balaban J connectivity index is 2.67. The average molecular weight is 404 g/mol. The molecule has 0 fully saturated rings. The number of ether oxygens (including phenoxy) is 1. The summed E-state index contributed by atoms with van der Waals surface area (Å²) in [7, 11) is -7.22. The highest BCUT2D eigenvalue weighted by molar-refractivity contribution is 7.91. The summed E-state index contributed by atoms with van der Waals surface area (Å²) < 4.78 is 53.1. The lowest BCUT2D eigenvalue weighted by Gasteiger charge is -2.12. The summed E-state index contributed by atoms with van der Waals surface area (Å²) in [5, 5.41) is 4.64. The smallest absolute Gasteiger partial charge is 0.339 e. The molecule has 0 spiro atoms. The standard InChI is InChI=1S/C15H14ClNO6S2/c1-23-15(18)11-7-14(25(17,21)22)12(16)8-13(11)24(19,20)9-10-5-3-2-4-6-10/h2-8H,9H2,1H3,(H2,17,21,22). The minimum atomic E-state index is -4.25. The van der Waals surface area contributed by atoms with E-state index in [1.165, 1.54) is 0 Å². The molecule has 0 saturated carbocycles. The zero-order valence-corrected chi connectivity index (χ0v) is 15.4. The molecule has 10 heteroatoms. The van der Waals surface area contributed by atoms with Gasteiger partial charge < -0.3 is 4.74 Å². The molecule has 134 valence electrons. The van der Waals surface area contributed by atoms with Crippen molar-refractivity contribution in [3.63, 3.8) is 0 Å². The van der Waals surface area contributed by atoms with Crippen molar-refractivity contribution < 1.29 is 26.4 Å². The zero-order chi connectivity index (χ0) is 18.8. The lowest BCUT2D eigenvalue weighted by molar-refractivity contribution is 0.0596. The fourth-order valence-corrected chi connectivity index (χ4v) is 4.88. The molecule has 7 nitrogen and oxygen atoms in total. The molecule has 0 unspecified atom stereocenters. The van der Waals surface area contributed by atoms with Crippen LogP contribution in [-0.4, -0.2) is 29.9 Å². The molecule has 0 atom stereocenters. The zero-order valence-electron chi connectivity index (χ0n) is 13.0. The van der Waals surface area contributed by atoms with Crippen LogP contribution in [-0.2, 0) is 30.4 Å². The molecule has 0 radical (unpaired) electrons. The number of esters is 1. The van der Waals surface area contributed by atoms with E-state index >= 15 is 0 Å². The summed E-state index contributed by atoms with van der Waals surface area (Å²) >= 11 is 5.87. The first-order valence-corrected chi connectivity index (χ1v) is 10.4. The number of hydrogen-bond donors (Lipinski definition) is 1. The van der Waals surface area contributed by atoms with Gasteiger partial charge in [0.15, 0.2) is 9.84 Å². The number of methoxy groups -OCH3 is 1. The summed E-state index contributed by atoms with van der Waals surface area (Å²) in [4.78, 5) is 11.0. The van der Waals surface area contributed by atoms with E-state index in [1.807, 2.05) is 0 Å². The van der Waals surface area contributed by atoms with E-state index in [-0.39, 0.29) is 0 Å². The molecule has 0 aliphatic heterocycles. The first-order valence-electron chi connectivity index (χ1n) is 6.77. The molecule has 0 heterocycles. The maximum atomic E-state index is 12.7. The maximum absolute atomic E-state index is 12.7. The maximum Gasteiger partial charge on any atom is 0.339 e. The van der Waals surface area contributed by atoms with E-state index in [4.69, 9.17) is 16.7 Å². The molecule has 2 aromatic carbocycles. The minimum Gasteiger partial charge on any atom is -0.465 e. The van der Waals surface area contributed by atoms with Crippen molar-refractivity contribution in [2.75, 3.05) is 7.11 Å². The Kier molecular flexibility index (Phi) is 5.52. The first kappa shape index (κ1) is 19.4. The average Bonchev–Trinajstić information content (AvgIpc) is 2.53. The topological polar surface area (TPSA) is 121 Å². The third-order valence-corrected chi connectivity index (χ3v) is 6.38. The van der Waals surface area contributed by atoms with Gasteiger partial charge in [-0.25, -0.2) is 26.8 Å². The van der Waals surface area contributed by atoms with Crippen LogP contribution in [0.25, 0.3) is 0 Å². The van der Waals surface area contributed by atoms with Gasteiger partial charge in [-0.2, -0.15) is 0 Å². The van der Waals surface area contributed by atoms with Gasteiger partial charge in [0.05, 0.1) is 28.3 Å². The van der Waals surface area contributed by atoms with Crippen LogP contribution in [0.2, 0.25) is 5.02 Å². The van der Waals surface area contributed by atoms with Gasteiger partial charge in [0.1, 0.15) is 4.90 Å². The van der Waals surface area contributed by atoms with Crippen LogP contribution >= 0.6 is 11.6 Å². The Labute approximate surface area is 150 Å². The van der Waals surface area contributed by atoms with E-state index in [2.05, 4.69) is 4.74 Å². The normalized spacial score (nSPS) is 12.0. The minimum absolute atomic E-state index is 0.400. The van der Waals surface area contributed by atoms with Gasteiger partial charge in [0.2, 0.25) is 10.0 Å². The molecular weight excluding hydrogens is 390 g/mol. The predicted molar refractivity (Wildman–Crippen MR) is 91.5 cm³/mol. The van der Waals surface area contributed by atoms with Gasteiger partial charge in [0, 0.05) is 0 Å². The molecule has 0 aromatic heterocycles. The van der Waals surface area contributed by atoms with Crippen molar-refractivity contribution in [2.45, 2.75) is 15.5 Å². The third kappa shape index (κ3) is 4.37. The Bertz CT molecular complexity index is 1020. The SMILES string of the molecule is COC(=O)c1cc(S(N)(=O)=O)c(Cl)cc1S(=O)(=O)Cc1ccccc1. The van der Waals surface area contributed by atoms with Gasteiger partial charge in [-0.3, -0.25) is 0 Å². The number of halogens is 1. The van der Waals surface area contributed by atoms with Crippen LogP contribution in [0.5, 0.6) is 0 Å². The monoisotopic (exact) mass is 403 g/mol. The van der Waals surface area contributed by atoms with Gasteiger partial charge >= 0.3 is 5.97 Å². The second-order valence-corrected chi connectivity index (χ2v) is 8.96. The molecule has 2 aromatic rings. The molecule has 0 aliphatic carbocycles. The number of rotatable bonds is 5. The second kappa shape index (κ2) is 7.12. The number of hydrogen-bond acceptors (Lipinski definition) is 6. The van der Waals surface area contributed by atoms with Crippen molar-refractivity contribution >= 4 is 37.4 Å². The summed E-state index contributed by atoms with van der Waals surface area (Å²) in [5.41, 5.74) is 0.0387. The van der Waals surface area contributed by atoms with Crippen LogP contribution in [0, 0.1) is 0 Å². The number of carbonyl (C=O) groups is 1. The third-order valence-electron chi connectivity index (χ3n) is 3.28. The molecule has 2 N–H and O–H groups in total. The van der Waals surface area contributed by atoms with Crippen LogP contribution in [0.3, 0.4) is 0 Å². The van der Waals surface area contributed by atoms with Crippen LogP contribution in [0.15, 0.2) is 52.3 Å². The molecule has 0 amide bonds. The van der Waals surface area contributed by atoms with Gasteiger partial charge in [-0.15, -0.1) is 0 Å². The molecular formula is C15H14ClNO6S2. The molecule has 0 bridgehead atoms. The lowest BCUT2D eigenvalue weighted by atomic mass is 10.2. The van der Waals surface area contributed by atoms with Crippen molar-refractivity contribution in [1.82, 2.24) is 0 Å². The summed E-state index contributed by atoms with van der Waals surface area (Å²) in [6.45, 7) is 0.